The maximum atomic E-state index is 12.0. The predicted octanol–water partition coefficient (Wildman–Crippen LogP) is 4.67. The molecule has 0 aliphatic rings. The highest BCUT2D eigenvalue weighted by atomic mass is 35.5. The number of nitrogens with one attached hydrogen (secondary N) is 1. The zero-order valence-electron chi connectivity index (χ0n) is 11.3. The third-order valence-corrected chi connectivity index (χ3v) is 3.81. The molecule has 2 aromatic carbocycles. The molecule has 7 heteroatoms. The van der Waals surface area contributed by atoms with E-state index >= 15 is 0 Å². The summed E-state index contributed by atoms with van der Waals surface area (Å²) < 4.78 is 28.3. The van der Waals surface area contributed by atoms with Crippen molar-refractivity contribution in [3.8, 4) is 5.75 Å². The van der Waals surface area contributed by atoms with Crippen LogP contribution in [0.1, 0.15) is 0 Å². The Morgan fingerprint density at radius 2 is 1.77 bits per heavy atom. The van der Waals surface area contributed by atoms with E-state index in [-0.39, 0.29) is 17.4 Å². The monoisotopic (exact) mass is 343 g/mol. The molecule has 22 heavy (non-hydrogen) atoms. The van der Waals surface area contributed by atoms with Crippen molar-refractivity contribution in [1.29, 1.82) is 0 Å². The summed E-state index contributed by atoms with van der Waals surface area (Å²) in [7, 11) is 0. The van der Waals surface area contributed by atoms with Crippen LogP contribution in [0.25, 0.3) is 0 Å². The van der Waals surface area contributed by atoms with Crippen molar-refractivity contribution in [1.82, 2.24) is 0 Å². The molecule has 1 N–H and O–H groups in total. The molecule has 0 saturated heterocycles. The fraction of sp³-hybridized carbons (Fsp3) is 0.133. The van der Waals surface area contributed by atoms with Crippen LogP contribution >= 0.6 is 23.4 Å². The van der Waals surface area contributed by atoms with E-state index in [2.05, 4.69) is 10.1 Å². The van der Waals surface area contributed by atoms with Gasteiger partial charge in [0.1, 0.15) is 5.75 Å². The molecule has 2 aromatic rings. The van der Waals surface area contributed by atoms with Crippen LogP contribution < -0.4 is 10.1 Å². The summed E-state index contributed by atoms with van der Waals surface area (Å²) in [5.41, 5.74) is 0.517. The molecule has 0 unspecified atom stereocenters. The third kappa shape index (κ3) is 5.54. The standard InChI is InChI=1S/C15H12ClF2NO2S/c16-10-1-7-13(8-2-10)22-9-14(20)19-11-3-5-12(6-4-11)21-15(17)18/h1-8,15H,9H2,(H,19,20). The van der Waals surface area contributed by atoms with Crippen LogP contribution in [0.15, 0.2) is 53.4 Å². The molecular formula is C15H12ClF2NO2S. The van der Waals surface area contributed by atoms with E-state index in [0.29, 0.717) is 10.7 Å². The molecule has 0 saturated carbocycles. The van der Waals surface area contributed by atoms with Gasteiger partial charge in [0.05, 0.1) is 5.75 Å². The van der Waals surface area contributed by atoms with E-state index in [1.165, 1.54) is 36.0 Å². The number of carbonyl (C=O) groups is 1. The first-order chi connectivity index (χ1) is 10.5. The molecule has 116 valence electrons. The minimum absolute atomic E-state index is 0.0449. The maximum Gasteiger partial charge on any atom is 0.387 e. The number of hydrogen-bond donors (Lipinski definition) is 1. The lowest BCUT2D eigenvalue weighted by Gasteiger charge is -2.07. The Hall–Kier alpha value is -1.79. The van der Waals surface area contributed by atoms with Crippen LogP contribution in [0.2, 0.25) is 5.02 Å². The topological polar surface area (TPSA) is 38.3 Å². The molecule has 0 fully saturated rings. The van der Waals surface area contributed by atoms with Gasteiger partial charge in [0.15, 0.2) is 0 Å². The minimum Gasteiger partial charge on any atom is -0.435 e. The predicted molar refractivity (Wildman–Crippen MR) is 83.9 cm³/mol. The highest BCUT2D eigenvalue weighted by Crippen LogP contribution is 2.21. The van der Waals surface area contributed by atoms with Crippen molar-refractivity contribution in [2.24, 2.45) is 0 Å². The average Bonchev–Trinajstić information content (AvgIpc) is 2.48. The van der Waals surface area contributed by atoms with Gasteiger partial charge in [-0.25, -0.2) is 0 Å². The van der Waals surface area contributed by atoms with Crippen LogP contribution in [0.5, 0.6) is 5.75 Å². The summed E-state index contributed by atoms with van der Waals surface area (Å²) >= 11 is 7.15. The van der Waals surface area contributed by atoms with Crippen LogP contribution in [-0.2, 0) is 4.79 Å². The van der Waals surface area contributed by atoms with Crippen molar-refractivity contribution in [2.75, 3.05) is 11.1 Å². The fourth-order valence-electron chi connectivity index (χ4n) is 1.60. The fourth-order valence-corrected chi connectivity index (χ4v) is 2.42. The molecule has 0 aromatic heterocycles. The minimum atomic E-state index is -2.86. The molecule has 0 aliphatic heterocycles. The van der Waals surface area contributed by atoms with Gasteiger partial charge in [-0.3, -0.25) is 4.79 Å². The van der Waals surface area contributed by atoms with Gasteiger partial charge in [-0.2, -0.15) is 8.78 Å². The molecule has 3 nitrogen and oxygen atoms in total. The molecule has 1 amide bonds. The van der Waals surface area contributed by atoms with Crippen molar-refractivity contribution >= 4 is 35.0 Å². The van der Waals surface area contributed by atoms with Gasteiger partial charge >= 0.3 is 6.61 Å². The van der Waals surface area contributed by atoms with Crippen molar-refractivity contribution in [3.05, 3.63) is 53.6 Å². The van der Waals surface area contributed by atoms with Gasteiger partial charge in [0.25, 0.3) is 0 Å². The number of alkyl halides is 2. The number of rotatable bonds is 6. The quantitative estimate of drug-likeness (QED) is 0.774. The second kappa shape index (κ2) is 8.00. The van der Waals surface area contributed by atoms with Gasteiger partial charge in [0, 0.05) is 15.6 Å². The van der Waals surface area contributed by atoms with Crippen LogP contribution in [0.3, 0.4) is 0 Å². The lowest BCUT2D eigenvalue weighted by Crippen LogP contribution is -2.13. The third-order valence-electron chi connectivity index (χ3n) is 2.55. The normalized spacial score (nSPS) is 10.5. The van der Waals surface area contributed by atoms with Crippen molar-refractivity contribution < 1.29 is 18.3 Å². The van der Waals surface area contributed by atoms with Gasteiger partial charge in [-0.1, -0.05) is 11.6 Å². The number of thioether (sulfide) groups is 1. The zero-order valence-corrected chi connectivity index (χ0v) is 12.8. The van der Waals surface area contributed by atoms with Gasteiger partial charge in [-0.05, 0) is 48.5 Å². The Bertz CT molecular complexity index is 620. The smallest absolute Gasteiger partial charge is 0.387 e. The van der Waals surface area contributed by atoms with Crippen LogP contribution in [0.4, 0.5) is 14.5 Å². The molecular weight excluding hydrogens is 332 g/mol. The molecule has 0 aliphatic carbocycles. The van der Waals surface area contributed by atoms with Gasteiger partial charge in [0.2, 0.25) is 5.91 Å². The van der Waals surface area contributed by atoms with E-state index in [0.717, 1.165) is 4.90 Å². The lowest BCUT2D eigenvalue weighted by molar-refractivity contribution is -0.113. The Morgan fingerprint density at radius 1 is 1.14 bits per heavy atom. The van der Waals surface area contributed by atoms with Crippen molar-refractivity contribution in [3.63, 3.8) is 0 Å². The second-order valence-corrected chi connectivity index (χ2v) is 5.68. The maximum absolute atomic E-state index is 12.0. The van der Waals surface area contributed by atoms with E-state index in [1.807, 2.05) is 12.1 Å². The van der Waals surface area contributed by atoms with E-state index in [4.69, 9.17) is 11.6 Å². The number of halogens is 3. The van der Waals surface area contributed by atoms with Gasteiger partial charge in [-0.15, -0.1) is 11.8 Å². The van der Waals surface area contributed by atoms with Crippen LogP contribution in [-0.4, -0.2) is 18.3 Å². The van der Waals surface area contributed by atoms with E-state index in [1.54, 1.807) is 12.1 Å². The summed E-state index contributed by atoms with van der Waals surface area (Å²) in [6.45, 7) is -2.86. The van der Waals surface area contributed by atoms with E-state index in [9.17, 15) is 13.6 Å². The van der Waals surface area contributed by atoms with Crippen molar-refractivity contribution in [2.45, 2.75) is 11.5 Å². The molecule has 2 rings (SSSR count). The molecule has 0 atom stereocenters. The van der Waals surface area contributed by atoms with Crippen LogP contribution in [0, 0.1) is 0 Å². The Morgan fingerprint density at radius 3 is 2.36 bits per heavy atom. The highest BCUT2D eigenvalue weighted by Gasteiger charge is 2.06. The number of hydrogen-bond acceptors (Lipinski definition) is 3. The molecule has 0 radical (unpaired) electrons. The largest absolute Gasteiger partial charge is 0.435 e. The SMILES string of the molecule is O=C(CSc1ccc(Cl)cc1)Nc1ccc(OC(F)F)cc1. The lowest BCUT2D eigenvalue weighted by atomic mass is 10.3. The Labute approximate surface area is 135 Å². The number of amides is 1. The second-order valence-electron chi connectivity index (χ2n) is 4.19. The summed E-state index contributed by atoms with van der Waals surface area (Å²) in [5, 5.41) is 3.31. The average molecular weight is 344 g/mol. The molecule has 0 spiro atoms. The number of anilines is 1. The zero-order chi connectivity index (χ0) is 15.9. The Kier molecular flexibility index (Phi) is 6.03. The molecule has 0 bridgehead atoms. The number of ether oxygens (including phenoxy) is 1. The summed E-state index contributed by atoms with van der Waals surface area (Å²) in [6, 6.07) is 12.9. The summed E-state index contributed by atoms with van der Waals surface area (Å²) in [6.07, 6.45) is 0. The highest BCUT2D eigenvalue weighted by molar-refractivity contribution is 8.00. The first-order valence-corrected chi connectivity index (χ1v) is 7.62. The number of carbonyl (C=O) groups excluding carboxylic acids is 1. The van der Waals surface area contributed by atoms with Gasteiger partial charge < -0.3 is 10.1 Å². The first-order valence-electron chi connectivity index (χ1n) is 6.26. The summed E-state index contributed by atoms with van der Waals surface area (Å²) in [5.74, 6) is 0.0858. The Balaban J connectivity index is 1.82. The van der Waals surface area contributed by atoms with E-state index < -0.39 is 6.61 Å². The number of benzene rings is 2. The molecule has 0 heterocycles. The summed E-state index contributed by atoms with van der Waals surface area (Å²) in [4.78, 5) is 12.7. The first kappa shape index (κ1) is 16.6.